The second kappa shape index (κ2) is 4.95. The molecule has 0 radical (unpaired) electrons. The van der Waals surface area contributed by atoms with Crippen LogP contribution in [-0.4, -0.2) is 36.1 Å². The molecule has 0 aliphatic heterocycles. The molecule has 1 saturated carbocycles. The van der Waals surface area contributed by atoms with Crippen molar-refractivity contribution in [2.24, 2.45) is 5.92 Å². The fourth-order valence-electron chi connectivity index (χ4n) is 1.39. The van der Waals surface area contributed by atoms with Crippen molar-refractivity contribution in [3.05, 3.63) is 0 Å². The van der Waals surface area contributed by atoms with Crippen molar-refractivity contribution in [3.8, 4) is 0 Å². The van der Waals surface area contributed by atoms with Crippen molar-refractivity contribution in [2.75, 3.05) is 13.1 Å². The molecule has 0 heterocycles. The molecule has 1 fully saturated rings. The normalized spacial score (nSPS) is 25.0. The van der Waals surface area contributed by atoms with Gasteiger partial charge in [0, 0.05) is 13.5 Å². The van der Waals surface area contributed by atoms with Gasteiger partial charge in [-0.1, -0.05) is 0 Å². The van der Waals surface area contributed by atoms with Crippen LogP contribution in [0.15, 0.2) is 0 Å². The van der Waals surface area contributed by atoms with Crippen LogP contribution in [0.25, 0.3) is 0 Å². The first-order valence-electron chi connectivity index (χ1n) is 4.77. The third-order valence-corrected chi connectivity index (χ3v) is 2.30. The van der Waals surface area contributed by atoms with E-state index in [0.29, 0.717) is 12.5 Å². The van der Waals surface area contributed by atoms with Gasteiger partial charge in [0.1, 0.15) is 0 Å². The van der Waals surface area contributed by atoms with Gasteiger partial charge in [-0.25, -0.2) is 0 Å². The fraction of sp³-hybridized carbons (Fsp3) is 0.778. The summed E-state index contributed by atoms with van der Waals surface area (Å²) in [5.41, 5.74) is 0. The smallest absolute Gasteiger partial charge is 0.239 e. The van der Waals surface area contributed by atoms with Crippen molar-refractivity contribution < 1.29 is 14.7 Å². The molecule has 2 amide bonds. The molecule has 3 N–H and O–H groups in total. The Balaban J connectivity index is 2.01. The van der Waals surface area contributed by atoms with E-state index in [9.17, 15) is 9.59 Å². The Labute approximate surface area is 82.9 Å². The fourth-order valence-corrected chi connectivity index (χ4v) is 1.39. The zero-order valence-corrected chi connectivity index (χ0v) is 8.25. The van der Waals surface area contributed by atoms with Crippen molar-refractivity contribution in [1.82, 2.24) is 10.6 Å². The summed E-state index contributed by atoms with van der Waals surface area (Å²) in [4.78, 5) is 21.6. The highest BCUT2D eigenvalue weighted by molar-refractivity contribution is 5.83. The van der Waals surface area contributed by atoms with Crippen LogP contribution in [0.1, 0.15) is 19.8 Å². The molecule has 0 aromatic carbocycles. The lowest BCUT2D eigenvalue weighted by atomic mass is 9.82. The number of rotatable bonds is 4. The molecule has 0 spiro atoms. The maximum Gasteiger partial charge on any atom is 0.239 e. The Kier molecular flexibility index (Phi) is 3.88. The van der Waals surface area contributed by atoms with Crippen LogP contribution in [0.4, 0.5) is 0 Å². The SMILES string of the molecule is CC(=O)NCC(=O)NCC1CC(O)C1. The predicted octanol–water partition coefficient (Wildman–Crippen LogP) is -0.990. The number of hydrogen-bond acceptors (Lipinski definition) is 3. The minimum Gasteiger partial charge on any atom is -0.393 e. The third kappa shape index (κ3) is 3.74. The topological polar surface area (TPSA) is 78.4 Å². The van der Waals surface area contributed by atoms with Crippen LogP contribution in [0.2, 0.25) is 0 Å². The summed E-state index contributed by atoms with van der Waals surface area (Å²) in [6.07, 6.45) is 1.34. The Morgan fingerprint density at radius 1 is 1.36 bits per heavy atom. The average Bonchev–Trinajstić information content (AvgIpc) is 2.07. The van der Waals surface area contributed by atoms with Crippen molar-refractivity contribution in [1.29, 1.82) is 0 Å². The molecule has 80 valence electrons. The number of carbonyl (C=O) groups excluding carboxylic acids is 2. The van der Waals surface area contributed by atoms with Crippen LogP contribution in [0.5, 0.6) is 0 Å². The highest BCUT2D eigenvalue weighted by Gasteiger charge is 2.26. The second-order valence-electron chi connectivity index (χ2n) is 3.71. The van der Waals surface area contributed by atoms with Gasteiger partial charge in [0.2, 0.25) is 11.8 Å². The minimum absolute atomic E-state index is 0.0323. The summed E-state index contributed by atoms with van der Waals surface area (Å²) in [6.45, 7) is 2.00. The lowest BCUT2D eigenvalue weighted by Gasteiger charge is -2.31. The third-order valence-electron chi connectivity index (χ3n) is 2.30. The summed E-state index contributed by atoms with van der Waals surface area (Å²) in [5.74, 6) is 0.00656. The Hall–Kier alpha value is -1.10. The number of amides is 2. The van der Waals surface area contributed by atoms with Gasteiger partial charge in [0.05, 0.1) is 12.6 Å². The van der Waals surface area contributed by atoms with Crippen LogP contribution in [0.3, 0.4) is 0 Å². The van der Waals surface area contributed by atoms with E-state index in [4.69, 9.17) is 5.11 Å². The molecule has 0 aromatic rings. The number of carbonyl (C=O) groups is 2. The van der Waals surface area contributed by atoms with Gasteiger partial charge in [-0.3, -0.25) is 9.59 Å². The van der Waals surface area contributed by atoms with E-state index in [1.54, 1.807) is 0 Å². The largest absolute Gasteiger partial charge is 0.393 e. The number of aliphatic hydroxyl groups excluding tert-OH is 1. The van der Waals surface area contributed by atoms with Gasteiger partial charge >= 0.3 is 0 Å². The van der Waals surface area contributed by atoms with E-state index in [2.05, 4.69) is 10.6 Å². The molecule has 14 heavy (non-hydrogen) atoms. The highest BCUT2D eigenvalue weighted by Crippen LogP contribution is 2.25. The highest BCUT2D eigenvalue weighted by atomic mass is 16.3. The lowest BCUT2D eigenvalue weighted by Crippen LogP contribution is -2.42. The molecular weight excluding hydrogens is 184 g/mol. The zero-order chi connectivity index (χ0) is 10.6. The molecule has 0 atom stereocenters. The van der Waals surface area contributed by atoms with Crippen LogP contribution in [-0.2, 0) is 9.59 Å². The molecular formula is C9H16N2O3. The van der Waals surface area contributed by atoms with Gasteiger partial charge in [-0.15, -0.1) is 0 Å². The molecule has 1 aliphatic rings. The monoisotopic (exact) mass is 200 g/mol. The van der Waals surface area contributed by atoms with Gasteiger partial charge in [0.25, 0.3) is 0 Å². The number of aliphatic hydroxyl groups is 1. The first-order chi connectivity index (χ1) is 6.58. The molecule has 5 heteroatoms. The molecule has 0 unspecified atom stereocenters. The summed E-state index contributed by atoms with van der Waals surface area (Å²) in [6, 6.07) is 0. The number of hydrogen-bond donors (Lipinski definition) is 3. The summed E-state index contributed by atoms with van der Waals surface area (Å²) < 4.78 is 0. The zero-order valence-electron chi connectivity index (χ0n) is 8.25. The van der Waals surface area contributed by atoms with Crippen LogP contribution < -0.4 is 10.6 Å². The van der Waals surface area contributed by atoms with Gasteiger partial charge in [-0.05, 0) is 18.8 Å². The van der Waals surface area contributed by atoms with Gasteiger partial charge in [-0.2, -0.15) is 0 Å². The molecule has 5 nitrogen and oxygen atoms in total. The van der Waals surface area contributed by atoms with E-state index in [0.717, 1.165) is 12.8 Å². The Morgan fingerprint density at radius 3 is 2.50 bits per heavy atom. The summed E-state index contributed by atoms with van der Waals surface area (Å²) in [5, 5.41) is 14.1. The molecule has 1 rings (SSSR count). The van der Waals surface area contributed by atoms with Gasteiger partial charge in [0.15, 0.2) is 0 Å². The predicted molar refractivity (Wildman–Crippen MR) is 50.4 cm³/mol. The molecule has 1 aliphatic carbocycles. The van der Waals surface area contributed by atoms with E-state index >= 15 is 0 Å². The van der Waals surface area contributed by atoms with E-state index in [1.807, 2.05) is 0 Å². The standard InChI is InChI=1S/C9H16N2O3/c1-6(12)10-5-9(14)11-4-7-2-8(13)3-7/h7-8,13H,2-5H2,1H3,(H,10,12)(H,11,14). The summed E-state index contributed by atoms with van der Waals surface area (Å²) >= 11 is 0. The maximum atomic E-state index is 11.1. The molecule has 0 aromatic heterocycles. The first-order valence-corrected chi connectivity index (χ1v) is 4.77. The van der Waals surface area contributed by atoms with Crippen molar-refractivity contribution >= 4 is 11.8 Å². The Morgan fingerprint density at radius 2 is 2.00 bits per heavy atom. The lowest BCUT2D eigenvalue weighted by molar-refractivity contribution is -0.125. The second-order valence-corrected chi connectivity index (χ2v) is 3.71. The summed E-state index contributed by atoms with van der Waals surface area (Å²) in [7, 11) is 0. The quantitative estimate of drug-likeness (QED) is 0.545. The van der Waals surface area contributed by atoms with Crippen LogP contribution >= 0.6 is 0 Å². The van der Waals surface area contributed by atoms with Gasteiger partial charge < -0.3 is 15.7 Å². The number of nitrogens with one attached hydrogen (secondary N) is 2. The molecule has 0 bridgehead atoms. The first kappa shape index (κ1) is 11.0. The van der Waals surface area contributed by atoms with Crippen molar-refractivity contribution in [3.63, 3.8) is 0 Å². The van der Waals surface area contributed by atoms with Crippen molar-refractivity contribution in [2.45, 2.75) is 25.9 Å². The van der Waals surface area contributed by atoms with E-state index < -0.39 is 0 Å². The average molecular weight is 200 g/mol. The Bertz CT molecular complexity index is 224. The minimum atomic E-state index is -0.209. The maximum absolute atomic E-state index is 11.1. The van der Waals surface area contributed by atoms with E-state index in [1.165, 1.54) is 6.92 Å². The molecule has 0 saturated heterocycles. The van der Waals surface area contributed by atoms with Crippen LogP contribution in [0, 0.1) is 5.92 Å². The van der Waals surface area contributed by atoms with E-state index in [-0.39, 0.29) is 24.5 Å².